The van der Waals surface area contributed by atoms with Crippen LogP contribution in [0.5, 0.6) is 0 Å². The lowest BCUT2D eigenvalue weighted by Gasteiger charge is -2.20. The molecule has 0 radical (unpaired) electrons. The highest BCUT2D eigenvalue weighted by Gasteiger charge is 2.20. The Morgan fingerprint density at radius 1 is 1.13 bits per heavy atom. The van der Waals surface area contributed by atoms with Crippen LogP contribution < -0.4 is 5.32 Å². The van der Waals surface area contributed by atoms with Gasteiger partial charge in [-0.05, 0) is 58.9 Å². The van der Waals surface area contributed by atoms with Crippen molar-refractivity contribution in [3.05, 3.63) is 46.2 Å². The van der Waals surface area contributed by atoms with Crippen LogP contribution in [0.1, 0.15) is 42.5 Å². The van der Waals surface area contributed by atoms with Gasteiger partial charge in [-0.25, -0.2) is 14.8 Å². The van der Waals surface area contributed by atoms with Gasteiger partial charge in [0.2, 0.25) is 5.95 Å². The molecule has 0 bridgehead atoms. The molecule has 1 N–H and O–H groups in total. The van der Waals surface area contributed by atoms with Gasteiger partial charge in [-0.3, -0.25) is 0 Å². The van der Waals surface area contributed by atoms with E-state index in [2.05, 4.69) is 15.3 Å². The zero-order valence-corrected chi connectivity index (χ0v) is 14.7. The molecule has 0 atom stereocenters. The molecule has 1 heterocycles. The zero-order valence-electron chi connectivity index (χ0n) is 13.9. The van der Waals surface area contributed by atoms with Crippen molar-refractivity contribution in [1.29, 1.82) is 0 Å². The lowest BCUT2D eigenvalue weighted by atomic mass is 10.1. The number of nitrogens with one attached hydrogen (secondary N) is 1. The van der Waals surface area contributed by atoms with Crippen LogP contribution in [-0.4, -0.2) is 21.5 Å². The van der Waals surface area contributed by atoms with Crippen LogP contribution >= 0.6 is 11.6 Å². The second-order valence-corrected chi connectivity index (χ2v) is 6.70. The van der Waals surface area contributed by atoms with Crippen molar-refractivity contribution < 1.29 is 9.53 Å². The minimum Gasteiger partial charge on any atom is -0.456 e. The topological polar surface area (TPSA) is 64.1 Å². The minimum absolute atomic E-state index is 0.302. The maximum absolute atomic E-state index is 12.2. The summed E-state index contributed by atoms with van der Waals surface area (Å²) in [4.78, 5) is 20.9. The number of carbonyl (C=O) groups is 1. The molecule has 23 heavy (non-hydrogen) atoms. The fourth-order valence-electron chi connectivity index (χ4n) is 2.00. The highest BCUT2D eigenvalue weighted by Crippen LogP contribution is 2.24. The fraction of sp³-hybridized carbons (Fsp3) is 0.353. The van der Waals surface area contributed by atoms with Crippen molar-refractivity contribution in [3.63, 3.8) is 0 Å². The van der Waals surface area contributed by atoms with E-state index in [-0.39, 0.29) is 0 Å². The van der Waals surface area contributed by atoms with Crippen molar-refractivity contribution in [1.82, 2.24) is 9.97 Å². The van der Waals surface area contributed by atoms with Gasteiger partial charge in [-0.1, -0.05) is 11.6 Å². The highest BCUT2D eigenvalue weighted by molar-refractivity contribution is 6.33. The van der Waals surface area contributed by atoms with Crippen molar-refractivity contribution in [2.75, 3.05) is 5.32 Å². The van der Waals surface area contributed by atoms with E-state index >= 15 is 0 Å². The van der Waals surface area contributed by atoms with E-state index in [1.807, 2.05) is 40.7 Å². The van der Waals surface area contributed by atoms with Gasteiger partial charge in [-0.2, -0.15) is 0 Å². The van der Waals surface area contributed by atoms with Crippen molar-refractivity contribution >= 4 is 29.2 Å². The molecule has 0 aliphatic carbocycles. The summed E-state index contributed by atoms with van der Waals surface area (Å²) < 4.78 is 5.37. The number of anilines is 2. The molecular formula is C17H20ClN3O2. The molecule has 0 spiro atoms. The maximum Gasteiger partial charge on any atom is 0.340 e. The second kappa shape index (κ2) is 6.54. The molecule has 0 amide bonds. The Morgan fingerprint density at radius 3 is 2.30 bits per heavy atom. The molecule has 6 heteroatoms. The Balaban J connectivity index is 2.28. The van der Waals surface area contributed by atoms with E-state index in [0.717, 1.165) is 11.4 Å². The Kier molecular flexibility index (Phi) is 4.90. The molecule has 2 rings (SSSR count). The number of carbonyl (C=O) groups excluding carboxylic acids is 1. The molecule has 0 aliphatic rings. The van der Waals surface area contributed by atoms with Crippen LogP contribution in [0.15, 0.2) is 24.3 Å². The number of benzene rings is 1. The first-order valence-electron chi connectivity index (χ1n) is 7.26. The van der Waals surface area contributed by atoms with E-state index in [1.165, 1.54) is 0 Å². The minimum atomic E-state index is -0.583. The largest absolute Gasteiger partial charge is 0.456 e. The van der Waals surface area contributed by atoms with Crippen molar-refractivity contribution in [2.45, 2.75) is 40.2 Å². The van der Waals surface area contributed by atoms with E-state index in [0.29, 0.717) is 22.2 Å². The lowest BCUT2D eigenvalue weighted by Crippen LogP contribution is -2.24. The number of ether oxygens (including phenoxy) is 1. The monoisotopic (exact) mass is 333 g/mol. The molecule has 0 saturated heterocycles. The predicted octanol–water partition coefficient (Wildman–Crippen LogP) is 4.45. The Bertz CT molecular complexity index is 719. The van der Waals surface area contributed by atoms with Crippen LogP contribution in [0.3, 0.4) is 0 Å². The summed E-state index contributed by atoms with van der Waals surface area (Å²) in [5.41, 5.74) is 2.11. The van der Waals surface area contributed by atoms with E-state index in [1.54, 1.807) is 18.2 Å². The standard InChI is InChI=1S/C17H20ClN3O2/c1-10-8-11(2)20-16(19-10)21-12-6-7-14(18)13(9-12)15(22)23-17(3,4)5/h6-9H,1-5H3,(H,19,20,21). The molecule has 5 nitrogen and oxygen atoms in total. The van der Waals surface area contributed by atoms with Gasteiger partial charge in [0.15, 0.2) is 0 Å². The third-order valence-corrected chi connectivity index (χ3v) is 3.15. The van der Waals surface area contributed by atoms with Crippen molar-refractivity contribution in [3.8, 4) is 0 Å². The number of aryl methyl sites for hydroxylation is 2. The van der Waals surface area contributed by atoms with Gasteiger partial charge >= 0.3 is 5.97 Å². The molecule has 1 aromatic heterocycles. The molecule has 0 unspecified atom stereocenters. The molecule has 122 valence electrons. The maximum atomic E-state index is 12.2. The second-order valence-electron chi connectivity index (χ2n) is 6.30. The van der Waals surface area contributed by atoms with E-state index in [4.69, 9.17) is 16.3 Å². The number of halogens is 1. The van der Waals surface area contributed by atoms with Crippen molar-refractivity contribution in [2.24, 2.45) is 0 Å². The first-order valence-corrected chi connectivity index (χ1v) is 7.64. The third kappa shape index (κ3) is 4.93. The Labute approximate surface area is 141 Å². The molecule has 0 fully saturated rings. The smallest absolute Gasteiger partial charge is 0.340 e. The predicted molar refractivity (Wildman–Crippen MR) is 91.4 cm³/mol. The average molecular weight is 334 g/mol. The van der Waals surface area contributed by atoms with Crippen LogP contribution in [-0.2, 0) is 4.74 Å². The quantitative estimate of drug-likeness (QED) is 0.841. The summed E-state index contributed by atoms with van der Waals surface area (Å²) in [6.07, 6.45) is 0. The first kappa shape index (κ1) is 17.2. The van der Waals surface area contributed by atoms with Gasteiger partial charge in [0, 0.05) is 17.1 Å². The number of rotatable bonds is 3. The van der Waals surface area contributed by atoms with Gasteiger partial charge < -0.3 is 10.1 Å². The molecular weight excluding hydrogens is 314 g/mol. The molecule has 0 aliphatic heterocycles. The summed E-state index contributed by atoms with van der Waals surface area (Å²) in [5, 5.41) is 3.42. The third-order valence-electron chi connectivity index (χ3n) is 2.82. The average Bonchev–Trinajstić information content (AvgIpc) is 2.37. The summed E-state index contributed by atoms with van der Waals surface area (Å²) in [7, 11) is 0. The lowest BCUT2D eigenvalue weighted by molar-refractivity contribution is 0.00698. The van der Waals surface area contributed by atoms with Crippen LogP contribution in [0, 0.1) is 13.8 Å². The number of aromatic nitrogens is 2. The zero-order chi connectivity index (χ0) is 17.2. The Morgan fingerprint density at radius 2 is 1.74 bits per heavy atom. The Hall–Kier alpha value is -2.14. The molecule has 1 aromatic carbocycles. The molecule has 2 aromatic rings. The van der Waals surface area contributed by atoms with E-state index < -0.39 is 11.6 Å². The van der Waals surface area contributed by atoms with Crippen LogP contribution in [0.2, 0.25) is 5.02 Å². The summed E-state index contributed by atoms with van der Waals surface area (Å²) in [5.74, 6) is 0.00690. The van der Waals surface area contributed by atoms with Gasteiger partial charge in [0.1, 0.15) is 5.60 Å². The van der Waals surface area contributed by atoms with Gasteiger partial charge in [0.25, 0.3) is 0 Å². The highest BCUT2D eigenvalue weighted by atomic mass is 35.5. The fourth-order valence-corrected chi connectivity index (χ4v) is 2.20. The van der Waals surface area contributed by atoms with Gasteiger partial charge in [-0.15, -0.1) is 0 Å². The summed E-state index contributed by atoms with van der Waals surface area (Å²) >= 11 is 6.11. The SMILES string of the molecule is Cc1cc(C)nc(Nc2ccc(Cl)c(C(=O)OC(C)(C)C)c2)n1. The number of nitrogens with zero attached hydrogens (tertiary/aromatic N) is 2. The number of esters is 1. The summed E-state index contributed by atoms with van der Waals surface area (Å²) in [6.45, 7) is 9.22. The first-order chi connectivity index (χ1) is 10.6. The normalized spacial score (nSPS) is 11.2. The molecule has 0 saturated carbocycles. The summed E-state index contributed by atoms with van der Waals surface area (Å²) in [6, 6.07) is 6.93. The van der Waals surface area contributed by atoms with Crippen LogP contribution in [0.4, 0.5) is 11.6 Å². The van der Waals surface area contributed by atoms with E-state index in [9.17, 15) is 4.79 Å². The van der Waals surface area contributed by atoms with Gasteiger partial charge in [0.05, 0.1) is 10.6 Å². The number of hydrogen-bond acceptors (Lipinski definition) is 5. The van der Waals surface area contributed by atoms with Crippen LogP contribution in [0.25, 0.3) is 0 Å². The number of hydrogen-bond donors (Lipinski definition) is 1.